The Hall–Kier alpha value is -2.45. The lowest BCUT2D eigenvalue weighted by molar-refractivity contribution is -0.147. The second kappa shape index (κ2) is 5.08. The summed E-state index contributed by atoms with van der Waals surface area (Å²) < 4.78 is 50.9. The molecule has 0 bridgehead atoms. The van der Waals surface area contributed by atoms with E-state index >= 15 is 0 Å². The number of rotatable bonds is 2. The Kier molecular flexibility index (Phi) is 3.34. The van der Waals surface area contributed by atoms with E-state index in [-0.39, 0.29) is 11.0 Å². The highest BCUT2D eigenvalue weighted by atomic mass is 19.4. The van der Waals surface area contributed by atoms with E-state index in [1.807, 2.05) is 0 Å². The maximum absolute atomic E-state index is 13.1. The number of ether oxygens (including phenoxy) is 2. The molecule has 0 saturated heterocycles. The van der Waals surface area contributed by atoms with Gasteiger partial charge in [-0.3, -0.25) is 4.79 Å². The first-order valence-corrected chi connectivity index (χ1v) is 6.51. The topological polar surface area (TPSA) is 79.4 Å². The van der Waals surface area contributed by atoms with Crippen LogP contribution in [-0.2, 0) is 17.5 Å². The van der Waals surface area contributed by atoms with Crippen molar-refractivity contribution in [1.82, 2.24) is 9.55 Å². The molecule has 0 unspecified atom stereocenters. The number of carbonyl (C=O) groups is 1. The lowest BCUT2D eigenvalue weighted by Gasteiger charge is -2.10. The lowest BCUT2D eigenvalue weighted by Crippen LogP contribution is -2.23. The maximum Gasteiger partial charge on any atom is 0.449 e. The van der Waals surface area contributed by atoms with E-state index in [0.717, 1.165) is 4.57 Å². The van der Waals surface area contributed by atoms with Gasteiger partial charge in [0.15, 0.2) is 11.5 Å². The van der Waals surface area contributed by atoms with Crippen LogP contribution in [0.1, 0.15) is 12.2 Å². The van der Waals surface area contributed by atoms with Crippen molar-refractivity contribution in [3.63, 3.8) is 0 Å². The number of primary amides is 1. The van der Waals surface area contributed by atoms with Crippen LogP contribution >= 0.6 is 0 Å². The van der Waals surface area contributed by atoms with Gasteiger partial charge in [0.25, 0.3) is 0 Å². The van der Waals surface area contributed by atoms with E-state index in [4.69, 9.17) is 15.2 Å². The molecule has 1 aliphatic rings. The van der Waals surface area contributed by atoms with E-state index in [9.17, 15) is 18.0 Å². The minimum absolute atomic E-state index is 0.0674. The second-order valence-corrected chi connectivity index (χ2v) is 4.82. The van der Waals surface area contributed by atoms with E-state index in [1.54, 1.807) is 0 Å². The summed E-state index contributed by atoms with van der Waals surface area (Å²) in [4.78, 5) is 14.7. The molecule has 0 fully saturated rings. The summed E-state index contributed by atoms with van der Waals surface area (Å²) in [6.45, 7) is 0.187. The Morgan fingerprint density at radius 3 is 2.50 bits per heavy atom. The standard InChI is InChI=1S/C13H12F3N3O3/c14-13(15,16)12-18-7-4-9-10(22-3-1-2-21-9)5-8(7)19(12)6-11(17)20/h4-5H,1-3,6H2,(H2,17,20). The molecule has 0 saturated carbocycles. The van der Waals surface area contributed by atoms with Gasteiger partial charge in [0, 0.05) is 18.6 Å². The molecule has 1 amide bonds. The second-order valence-electron chi connectivity index (χ2n) is 4.82. The summed E-state index contributed by atoms with van der Waals surface area (Å²) in [5.74, 6) is -1.41. The fourth-order valence-electron chi connectivity index (χ4n) is 2.31. The van der Waals surface area contributed by atoms with Gasteiger partial charge in [0.2, 0.25) is 11.7 Å². The zero-order valence-corrected chi connectivity index (χ0v) is 11.3. The Bertz CT molecular complexity index is 739. The third kappa shape index (κ3) is 2.53. The Labute approximate surface area is 122 Å². The van der Waals surface area contributed by atoms with Gasteiger partial charge in [0.05, 0.1) is 24.2 Å². The molecule has 1 aromatic heterocycles. The van der Waals surface area contributed by atoms with Gasteiger partial charge in [-0.2, -0.15) is 13.2 Å². The number of carbonyl (C=O) groups excluding carboxylic acids is 1. The minimum atomic E-state index is -4.70. The number of benzene rings is 1. The molecule has 3 rings (SSSR count). The maximum atomic E-state index is 13.1. The highest BCUT2D eigenvalue weighted by Gasteiger charge is 2.38. The molecule has 0 atom stereocenters. The van der Waals surface area contributed by atoms with Crippen LogP contribution in [0.3, 0.4) is 0 Å². The number of aromatic nitrogens is 2. The number of hydrogen-bond acceptors (Lipinski definition) is 4. The first-order chi connectivity index (χ1) is 10.4. The first-order valence-electron chi connectivity index (χ1n) is 6.51. The molecule has 0 aliphatic carbocycles. The number of fused-ring (bicyclic) bond motifs is 2. The molecule has 118 valence electrons. The fraction of sp³-hybridized carbons (Fsp3) is 0.385. The van der Waals surface area contributed by atoms with Crippen molar-refractivity contribution in [2.45, 2.75) is 19.1 Å². The van der Waals surface area contributed by atoms with Gasteiger partial charge in [-0.15, -0.1) is 0 Å². The van der Waals surface area contributed by atoms with Gasteiger partial charge in [-0.1, -0.05) is 0 Å². The van der Waals surface area contributed by atoms with Crippen molar-refractivity contribution in [1.29, 1.82) is 0 Å². The van der Waals surface area contributed by atoms with Crippen LogP contribution in [0.4, 0.5) is 13.2 Å². The van der Waals surface area contributed by atoms with Gasteiger partial charge >= 0.3 is 6.18 Å². The van der Waals surface area contributed by atoms with Crippen LogP contribution in [0, 0.1) is 0 Å². The van der Waals surface area contributed by atoms with Crippen molar-refractivity contribution in [2.75, 3.05) is 13.2 Å². The van der Waals surface area contributed by atoms with E-state index < -0.39 is 24.5 Å². The highest BCUT2D eigenvalue weighted by Crippen LogP contribution is 2.37. The molecule has 6 nitrogen and oxygen atoms in total. The van der Waals surface area contributed by atoms with Crippen molar-refractivity contribution < 1.29 is 27.4 Å². The van der Waals surface area contributed by atoms with Gasteiger partial charge in [-0.25, -0.2) is 4.98 Å². The van der Waals surface area contributed by atoms with Crippen LogP contribution in [0.25, 0.3) is 11.0 Å². The van der Waals surface area contributed by atoms with Crippen LogP contribution < -0.4 is 15.2 Å². The number of alkyl halides is 3. The number of nitrogens with two attached hydrogens (primary N) is 1. The Balaban J connectivity index is 2.22. The van der Waals surface area contributed by atoms with Gasteiger partial charge in [-0.05, 0) is 0 Å². The molecule has 2 N–H and O–H groups in total. The molecule has 1 aliphatic heterocycles. The zero-order valence-electron chi connectivity index (χ0n) is 11.3. The van der Waals surface area contributed by atoms with Crippen molar-refractivity contribution in [3.05, 3.63) is 18.0 Å². The average molecular weight is 315 g/mol. The first kappa shape index (κ1) is 14.5. The van der Waals surface area contributed by atoms with E-state index in [0.29, 0.717) is 31.1 Å². The van der Waals surface area contributed by atoms with E-state index in [2.05, 4.69) is 4.98 Å². The summed E-state index contributed by atoms with van der Waals surface area (Å²) >= 11 is 0. The molecule has 22 heavy (non-hydrogen) atoms. The summed E-state index contributed by atoms with van der Waals surface area (Å²) in [5.41, 5.74) is 5.23. The van der Waals surface area contributed by atoms with Crippen molar-refractivity contribution >= 4 is 16.9 Å². The number of amides is 1. The van der Waals surface area contributed by atoms with Gasteiger partial charge in [0.1, 0.15) is 6.54 Å². The van der Waals surface area contributed by atoms with Crippen LogP contribution in [0.5, 0.6) is 11.5 Å². The summed E-state index contributed by atoms with van der Waals surface area (Å²) in [5, 5.41) is 0. The van der Waals surface area contributed by atoms with Crippen LogP contribution in [0.2, 0.25) is 0 Å². The lowest BCUT2D eigenvalue weighted by atomic mass is 10.2. The van der Waals surface area contributed by atoms with E-state index in [1.165, 1.54) is 12.1 Å². The highest BCUT2D eigenvalue weighted by molar-refractivity contribution is 5.83. The minimum Gasteiger partial charge on any atom is -0.489 e. The zero-order chi connectivity index (χ0) is 15.9. The number of hydrogen-bond donors (Lipinski definition) is 1. The summed E-state index contributed by atoms with van der Waals surface area (Å²) in [6.07, 6.45) is -4.03. The smallest absolute Gasteiger partial charge is 0.449 e. The normalized spacial score (nSPS) is 14.9. The predicted molar refractivity (Wildman–Crippen MR) is 69.5 cm³/mol. The molecule has 2 aromatic rings. The van der Waals surface area contributed by atoms with Crippen molar-refractivity contribution in [2.24, 2.45) is 5.73 Å². The third-order valence-electron chi connectivity index (χ3n) is 3.19. The Morgan fingerprint density at radius 1 is 1.27 bits per heavy atom. The number of halogens is 3. The summed E-state index contributed by atoms with van der Waals surface area (Å²) in [6, 6.07) is 2.77. The van der Waals surface area contributed by atoms with Crippen molar-refractivity contribution in [3.8, 4) is 11.5 Å². The monoisotopic (exact) mass is 315 g/mol. The number of nitrogens with zero attached hydrogens (tertiary/aromatic N) is 2. The molecule has 9 heteroatoms. The third-order valence-corrected chi connectivity index (χ3v) is 3.19. The SMILES string of the molecule is NC(=O)Cn1c(C(F)(F)F)nc2cc3c(cc21)OCCCO3. The molecular formula is C13H12F3N3O3. The van der Waals surface area contributed by atoms with Crippen LogP contribution in [0.15, 0.2) is 12.1 Å². The summed E-state index contributed by atoms with van der Waals surface area (Å²) in [7, 11) is 0. The molecular weight excluding hydrogens is 303 g/mol. The number of imidazole rings is 1. The molecule has 1 aromatic carbocycles. The predicted octanol–water partition coefficient (Wildman–Crippen LogP) is 1.70. The Morgan fingerprint density at radius 2 is 1.91 bits per heavy atom. The largest absolute Gasteiger partial charge is 0.489 e. The molecule has 0 spiro atoms. The quantitative estimate of drug-likeness (QED) is 0.915. The molecule has 2 heterocycles. The van der Waals surface area contributed by atoms with Gasteiger partial charge < -0.3 is 19.8 Å². The average Bonchev–Trinajstić information content (AvgIpc) is 2.62. The molecule has 0 radical (unpaired) electrons. The fourth-order valence-corrected chi connectivity index (χ4v) is 2.31. The van der Waals surface area contributed by atoms with Crippen LogP contribution in [-0.4, -0.2) is 28.7 Å².